The molecule has 4 rings (SSSR count). The van der Waals surface area contributed by atoms with E-state index in [0.29, 0.717) is 49.4 Å². The largest absolute Gasteiger partial charge is 0.416 e. The monoisotopic (exact) mass is 479 g/mol. The van der Waals surface area contributed by atoms with E-state index in [2.05, 4.69) is 5.32 Å². The SMILES string of the molecule is CN(Cc1ccc(Cl)cc1)C(=O)[C@H]1CCCN1C(=O)NC1(c2ccc(C(F)(F)F)cc2)CC1. The minimum absolute atomic E-state index is 0.142. The molecule has 2 aliphatic rings. The lowest BCUT2D eigenvalue weighted by Gasteiger charge is -2.30. The average Bonchev–Trinajstić information content (AvgIpc) is 3.38. The van der Waals surface area contributed by atoms with E-state index in [1.807, 2.05) is 12.1 Å². The van der Waals surface area contributed by atoms with Crippen molar-refractivity contribution in [3.8, 4) is 0 Å². The molecule has 3 amide bonds. The second-order valence-electron chi connectivity index (χ2n) is 8.76. The summed E-state index contributed by atoms with van der Waals surface area (Å²) in [6, 6.07) is 11.2. The molecule has 0 spiro atoms. The fourth-order valence-electron chi connectivity index (χ4n) is 4.33. The number of carbonyl (C=O) groups excluding carboxylic acids is 2. The second-order valence-corrected chi connectivity index (χ2v) is 9.20. The summed E-state index contributed by atoms with van der Waals surface area (Å²) in [5.74, 6) is -0.142. The first-order valence-corrected chi connectivity index (χ1v) is 11.2. The molecule has 1 aliphatic carbocycles. The summed E-state index contributed by atoms with van der Waals surface area (Å²) < 4.78 is 38.6. The molecule has 2 aromatic rings. The maximum Gasteiger partial charge on any atom is 0.416 e. The van der Waals surface area contributed by atoms with Gasteiger partial charge in [-0.15, -0.1) is 0 Å². The summed E-state index contributed by atoms with van der Waals surface area (Å²) in [6.45, 7) is 0.859. The van der Waals surface area contributed by atoms with E-state index >= 15 is 0 Å². The predicted octanol–water partition coefficient (Wildman–Crippen LogP) is 5.18. The highest BCUT2D eigenvalue weighted by molar-refractivity contribution is 6.30. The lowest BCUT2D eigenvalue weighted by Crippen LogP contribution is -2.51. The van der Waals surface area contributed by atoms with Crippen LogP contribution in [0.15, 0.2) is 48.5 Å². The number of nitrogens with one attached hydrogen (secondary N) is 1. The Balaban J connectivity index is 1.41. The van der Waals surface area contributed by atoms with Crippen molar-refractivity contribution in [1.29, 1.82) is 0 Å². The van der Waals surface area contributed by atoms with Crippen LogP contribution in [0.2, 0.25) is 5.02 Å². The van der Waals surface area contributed by atoms with Crippen molar-refractivity contribution in [3.63, 3.8) is 0 Å². The maximum atomic E-state index is 13.1. The Morgan fingerprint density at radius 3 is 2.33 bits per heavy atom. The number of rotatable bonds is 5. The zero-order valence-electron chi connectivity index (χ0n) is 18.2. The van der Waals surface area contributed by atoms with Crippen molar-refractivity contribution in [2.45, 2.75) is 50.0 Å². The summed E-state index contributed by atoms with van der Waals surface area (Å²) in [6.07, 6.45) is -1.82. The Labute approximate surface area is 195 Å². The molecule has 5 nitrogen and oxygen atoms in total. The van der Waals surface area contributed by atoms with Gasteiger partial charge in [-0.25, -0.2) is 4.79 Å². The van der Waals surface area contributed by atoms with Crippen LogP contribution in [0.4, 0.5) is 18.0 Å². The number of likely N-dealkylation sites (N-methyl/N-ethyl adjacent to an activating group) is 1. The summed E-state index contributed by atoms with van der Waals surface area (Å²) in [7, 11) is 1.70. The molecule has 9 heteroatoms. The Kier molecular flexibility index (Phi) is 6.31. The summed E-state index contributed by atoms with van der Waals surface area (Å²) in [5.41, 5.74) is 0.184. The first-order chi connectivity index (χ1) is 15.6. The minimum atomic E-state index is -4.40. The van der Waals surface area contributed by atoms with E-state index in [1.54, 1.807) is 29.0 Å². The number of halogens is 4. The smallest absolute Gasteiger partial charge is 0.340 e. The third kappa shape index (κ3) is 5.11. The Morgan fingerprint density at radius 1 is 1.12 bits per heavy atom. The number of hydrogen-bond donors (Lipinski definition) is 1. The molecule has 2 aromatic carbocycles. The van der Waals surface area contributed by atoms with Crippen molar-refractivity contribution in [2.24, 2.45) is 0 Å². The summed E-state index contributed by atoms with van der Waals surface area (Å²) >= 11 is 5.92. The van der Waals surface area contributed by atoms with Crippen LogP contribution in [-0.2, 0) is 23.1 Å². The van der Waals surface area contributed by atoms with Gasteiger partial charge in [0.1, 0.15) is 6.04 Å². The zero-order valence-corrected chi connectivity index (χ0v) is 18.9. The first kappa shape index (κ1) is 23.4. The normalized spacial score (nSPS) is 19.3. The fourth-order valence-corrected chi connectivity index (χ4v) is 4.45. The molecule has 1 atom stereocenters. The Bertz CT molecular complexity index is 1020. The van der Waals surface area contributed by atoms with Gasteiger partial charge in [0.25, 0.3) is 0 Å². The highest BCUT2D eigenvalue weighted by Crippen LogP contribution is 2.46. The van der Waals surface area contributed by atoms with Crippen molar-refractivity contribution < 1.29 is 22.8 Å². The number of nitrogens with zero attached hydrogens (tertiary/aromatic N) is 2. The van der Waals surface area contributed by atoms with Crippen LogP contribution in [0.1, 0.15) is 42.4 Å². The molecule has 0 bridgehead atoms. The molecule has 1 saturated heterocycles. The van der Waals surface area contributed by atoms with Crippen molar-refractivity contribution in [3.05, 3.63) is 70.2 Å². The van der Waals surface area contributed by atoms with Crippen LogP contribution in [0.25, 0.3) is 0 Å². The number of benzene rings is 2. The van der Waals surface area contributed by atoms with Gasteiger partial charge in [-0.2, -0.15) is 13.2 Å². The van der Waals surface area contributed by atoms with Gasteiger partial charge in [-0.3, -0.25) is 4.79 Å². The summed E-state index contributed by atoms with van der Waals surface area (Å²) in [4.78, 5) is 29.3. The highest BCUT2D eigenvalue weighted by Gasteiger charge is 2.48. The van der Waals surface area contributed by atoms with Gasteiger partial charge in [0, 0.05) is 25.2 Å². The van der Waals surface area contributed by atoms with Crippen LogP contribution in [0.5, 0.6) is 0 Å². The molecule has 1 aliphatic heterocycles. The maximum absolute atomic E-state index is 13.1. The molecule has 2 fully saturated rings. The Morgan fingerprint density at radius 2 is 1.76 bits per heavy atom. The van der Waals surface area contributed by atoms with Crippen LogP contribution < -0.4 is 5.32 Å². The fraction of sp³-hybridized carbons (Fsp3) is 0.417. The third-order valence-electron chi connectivity index (χ3n) is 6.37. The zero-order chi connectivity index (χ0) is 23.8. The quantitative estimate of drug-likeness (QED) is 0.642. The Hall–Kier alpha value is -2.74. The van der Waals surface area contributed by atoms with Gasteiger partial charge in [0.15, 0.2) is 0 Å². The molecule has 0 radical (unpaired) electrons. The highest BCUT2D eigenvalue weighted by atomic mass is 35.5. The first-order valence-electron chi connectivity index (χ1n) is 10.8. The molecule has 0 unspecified atom stereocenters. The molecule has 1 N–H and O–H groups in total. The molecule has 176 valence electrons. The lowest BCUT2D eigenvalue weighted by atomic mass is 10.0. The number of amides is 3. The van der Waals surface area contributed by atoms with E-state index in [-0.39, 0.29) is 11.9 Å². The number of alkyl halides is 3. The topological polar surface area (TPSA) is 52.7 Å². The van der Waals surface area contributed by atoms with Gasteiger partial charge in [0.05, 0.1) is 11.1 Å². The van der Waals surface area contributed by atoms with E-state index in [4.69, 9.17) is 11.6 Å². The van der Waals surface area contributed by atoms with Crippen molar-refractivity contribution in [1.82, 2.24) is 15.1 Å². The van der Waals surface area contributed by atoms with E-state index in [1.165, 1.54) is 12.1 Å². The van der Waals surface area contributed by atoms with Crippen LogP contribution in [-0.4, -0.2) is 41.4 Å². The van der Waals surface area contributed by atoms with Gasteiger partial charge >= 0.3 is 12.2 Å². The number of likely N-dealkylation sites (tertiary alicyclic amines) is 1. The van der Waals surface area contributed by atoms with Crippen molar-refractivity contribution >= 4 is 23.5 Å². The molecule has 1 saturated carbocycles. The molecule has 1 heterocycles. The molecular weight excluding hydrogens is 455 g/mol. The summed E-state index contributed by atoms with van der Waals surface area (Å²) in [5, 5.41) is 3.60. The number of urea groups is 1. The van der Waals surface area contributed by atoms with E-state index < -0.39 is 23.3 Å². The average molecular weight is 480 g/mol. The van der Waals surface area contributed by atoms with Crippen LogP contribution >= 0.6 is 11.6 Å². The van der Waals surface area contributed by atoms with Crippen LogP contribution in [0.3, 0.4) is 0 Å². The molecule has 0 aromatic heterocycles. The van der Waals surface area contributed by atoms with Crippen molar-refractivity contribution in [2.75, 3.05) is 13.6 Å². The molecular formula is C24H25ClF3N3O2. The van der Waals surface area contributed by atoms with Gasteiger partial charge in [-0.1, -0.05) is 35.9 Å². The molecule has 33 heavy (non-hydrogen) atoms. The van der Waals surface area contributed by atoms with Gasteiger partial charge in [0.2, 0.25) is 5.91 Å². The lowest BCUT2D eigenvalue weighted by molar-refractivity contribution is -0.137. The number of hydrogen-bond acceptors (Lipinski definition) is 2. The third-order valence-corrected chi connectivity index (χ3v) is 6.62. The van der Waals surface area contributed by atoms with Crippen LogP contribution in [0, 0.1) is 0 Å². The van der Waals surface area contributed by atoms with Gasteiger partial charge < -0.3 is 15.1 Å². The number of carbonyl (C=O) groups is 2. The van der Waals surface area contributed by atoms with E-state index in [0.717, 1.165) is 17.7 Å². The predicted molar refractivity (Wildman–Crippen MR) is 119 cm³/mol. The second kappa shape index (κ2) is 8.89. The van der Waals surface area contributed by atoms with E-state index in [9.17, 15) is 22.8 Å². The van der Waals surface area contributed by atoms with Gasteiger partial charge in [-0.05, 0) is 61.1 Å². The minimum Gasteiger partial charge on any atom is -0.340 e. The standard InChI is InChI=1S/C24H25ClF3N3O2/c1-30(15-16-4-10-19(25)11-5-16)21(32)20-3-2-14-31(20)22(33)29-23(12-13-23)17-6-8-18(9-7-17)24(26,27)28/h4-11,20H,2-3,12-15H2,1H3,(H,29,33)/t20-/m1/s1.